The van der Waals surface area contributed by atoms with Crippen LogP contribution in [0.1, 0.15) is 25.3 Å². The summed E-state index contributed by atoms with van der Waals surface area (Å²) in [6, 6.07) is 9.82. The van der Waals surface area contributed by atoms with Crippen LogP contribution in [0, 0.1) is 0 Å². The molecule has 1 aliphatic rings. The Bertz CT molecular complexity index is 576. The first kappa shape index (κ1) is 14.0. The van der Waals surface area contributed by atoms with E-state index in [0.717, 1.165) is 11.1 Å². The maximum Gasteiger partial charge on any atom is 0.404 e. The van der Waals surface area contributed by atoms with Crippen molar-refractivity contribution in [2.75, 3.05) is 0 Å². The summed E-state index contributed by atoms with van der Waals surface area (Å²) in [6.45, 7) is 1.77. The van der Waals surface area contributed by atoms with E-state index in [1.165, 1.54) is 0 Å². The van der Waals surface area contributed by atoms with E-state index in [0.29, 0.717) is 12.8 Å². The number of rotatable bonds is 3. The molecule has 0 aromatic heterocycles. The van der Waals surface area contributed by atoms with E-state index in [-0.39, 0.29) is 0 Å². The highest BCUT2D eigenvalue weighted by Crippen LogP contribution is 2.37. The van der Waals surface area contributed by atoms with E-state index in [1.807, 2.05) is 36.4 Å². The van der Waals surface area contributed by atoms with E-state index in [9.17, 15) is 9.59 Å². The molecule has 0 aliphatic heterocycles. The number of primary amides is 1. The van der Waals surface area contributed by atoms with Crippen molar-refractivity contribution in [2.45, 2.75) is 31.4 Å². The molecule has 0 unspecified atom stereocenters. The zero-order valence-corrected chi connectivity index (χ0v) is 11.2. The summed E-state index contributed by atoms with van der Waals surface area (Å²) in [6.07, 6.45) is 3.11. The van der Waals surface area contributed by atoms with E-state index in [4.69, 9.17) is 10.5 Å². The number of hydrogen-bond donors (Lipinski definition) is 1. The number of carbonyl (C=O) groups excluding carboxylic acids is 2. The van der Waals surface area contributed by atoms with Gasteiger partial charge < -0.3 is 10.5 Å². The highest BCUT2D eigenvalue weighted by atomic mass is 16.6. The molecule has 104 valence electrons. The van der Waals surface area contributed by atoms with Crippen LogP contribution >= 0.6 is 0 Å². The maximum atomic E-state index is 11.0. The van der Waals surface area contributed by atoms with Crippen molar-refractivity contribution in [3.05, 3.63) is 42.0 Å². The van der Waals surface area contributed by atoms with Crippen LogP contribution in [-0.2, 0) is 9.53 Å². The third-order valence-electron chi connectivity index (χ3n) is 3.52. The Morgan fingerprint density at radius 3 is 2.75 bits per heavy atom. The third-order valence-corrected chi connectivity index (χ3v) is 3.52. The van der Waals surface area contributed by atoms with Crippen LogP contribution in [0.4, 0.5) is 4.79 Å². The summed E-state index contributed by atoms with van der Waals surface area (Å²) >= 11 is 0. The molecule has 0 bridgehead atoms. The van der Waals surface area contributed by atoms with E-state index < -0.39 is 17.7 Å². The number of hydrogen-bond acceptors (Lipinski definition) is 4. The molecule has 1 aromatic rings. The molecule has 1 aliphatic carbocycles. The second kappa shape index (κ2) is 5.72. The van der Waals surface area contributed by atoms with Crippen LogP contribution < -0.4 is 5.73 Å². The molecule has 2 atom stereocenters. The largest absolute Gasteiger partial charge is 0.443 e. The molecule has 20 heavy (non-hydrogen) atoms. The molecule has 0 saturated heterocycles. The summed E-state index contributed by atoms with van der Waals surface area (Å²) in [5.41, 5.74) is 6.36. The van der Waals surface area contributed by atoms with Gasteiger partial charge >= 0.3 is 6.09 Å². The molecule has 0 spiro atoms. The lowest BCUT2D eigenvalue weighted by molar-refractivity contribution is 0.0607. The van der Waals surface area contributed by atoms with Gasteiger partial charge in [-0.1, -0.05) is 36.4 Å². The van der Waals surface area contributed by atoms with Gasteiger partial charge in [-0.05, 0) is 18.1 Å². The van der Waals surface area contributed by atoms with Gasteiger partial charge in [0.05, 0.1) is 0 Å². The summed E-state index contributed by atoms with van der Waals surface area (Å²) in [4.78, 5) is 25.5. The van der Waals surface area contributed by atoms with E-state index in [1.54, 1.807) is 13.0 Å². The number of isocyanates is 1. The van der Waals surface area contributed by atoms with Crippen molar-refractivity contribution >= 4 is 17.7 Å². The first-order chi connectivity index (χ1) is 9.55. The zero-order chi connectivity index (χ0) is 14.6. The Labute approximate surface area is 117 Å². The van der Waals surface area contributed by atoms with Gasteiger partial charge in [0.25, 0.3) is 0 Å². The number of aliphatic imine (C=N–C) groups is 1. The molecule has 2 rings (SSSR count). The predicted octanol–water partition coefficient (Wildman–Crippen LogP) is 2.42. The smallest absolute Gasteiger partial charge is 0.404 e. The van der Waals surface area contributed by atoms with E-state index in [2.05, 4.69) is 4.99 Å². The van der Waals surface area contributed by atoms with Crippen molar-refractivity contribution in [1.82, 2.24) is 0 Å². The fourth-order valence-corrected chi connectivity index (χ4v) is 2.48. The van der Waals surface area contributed by atoms with Crippen molar-refractivity contribution < 1.29 is 14.3 Å². The summed E-state index contributed by atoms with van der Waals surface area (Å²) in [7, 11) is 0. The lowest BCUT2D eigenvalue weighted by Gasteiger charge is -2.35. The van der Waals surface area contributed by atoms with Gasteiger partial charge in [0.1, 0.15) is 11.6 Å². The average molecular weight is 272 g/mol. The Morgan fingerprint density at radius 1 is 1.45 bits per heavy atom. The minimum absolute atomic E-state index is 0.467. The topological polar surface area (TPSA) is 81.8 Å². The fraction of sp³-hybridized carbons (Fsp3) is 0.333. The summed E-state index contributed by atoms with van der Waals surface area (Å²) < 4.78 is 5.07. The van der Waals surface area contributed by atoms with Crippen LogP contribution in [0.5, 0.6) is 0 Å². The van der Waals surface area contributed by atoms with Gasteiger partial charge in [-0.15, -0.1) is 0 Å². The van der Waals surface area contributed by atoms with Crippen LogP contribution in [0.3, 0.4) is 0 Å². The minimum atomic E-state index is -0.862. The summed E-state index contributed by atoms with van der Waals surface area (Å²) in [5.74, 6) is 0. The van der Waals surface area contributed by atoms with Gasteiger partial charge in [0.2, 0.25) is 6.08 Å². The van der Waals surface area contributed by atoms with Gasteiger partial charge in [-0.2, -0.15) is 4.99 Å². The molecule has 1 aromatic carbocycles. The quantitative estimate of drug-likeness (QED) is 0.677. The fourth-order valence-electron chi connectivity index (χ4n) is 2.48. The van der Waals surface area contributed by atoms with Gasteiger partial charge in [-0.25, -0.2) is 9.59 Å². The Kier molecular flexibility index (Phi) is 4.01. The molecule has 0 saturated carbocycles. The molecule has 1 amide bonds. The number of amides is 1. The Balaban J connectivity index is 2.31. The second-order valence-corrected chi connectivity index (χ2v) is 4.99. The molecular weight excluding hydrogens is 256 g/mol. The molecule has 0 fully saturated rings. The molecule has 0 radical (unpaired) electrons. The first-order valence-corrected chi connectivity index (χ1v) is 6.35. The highest BCUT2D eigenvalue weighted by molar-refractivity contribution is 5.69. The monoisotopic (exact) mass is 272 g/mol. The van der Waals surface area contributed by atoms with Gasteiger partial charge in [-0.3, -0.25) is 0 Å². The molecule has 5 nitrogen and oxygen atoms in total. The Morgan fingerprint density at radius 2 is 2.15 bits per heavy atom. The number of ether oxygens (including phenoxy) is 1. The third kappa shape index (κ3) is 2.95. The van der Waals surface area contributed by atoms with E-state index >= 15 is 0 Å². The molecule has 2 N–H and O–H groups in total. The number of nitrogens with zero attached hydrogens (tertiary/aromatic N) is 1. The van der Waals surface area contributed by atoms with Gasteiger partial charge in [0, 0.05) is 12.8 Å². The SMILES string of the molecule is C[C@]1(N=C=O)CC(c2ccccc2)=CC[C@@H]1OC(N)=O. The van der Waals surface area contributed by atoms with Crippen molar-refractivity contribution in [1.29, 1.82) is 0 Å². The predicted molar refractivity (Wildman–Crippen MR) is 74.6 cm³/mol. The van der Waals surface area contributed by atoms with Gasteiger partial charge in [0.15, 0.2) is 0 Å². The number of nitrogens with two attached hydrogens (primary N) is 1. The lowest BCUT2D eigenvalue weighted by atomic mass is 9.79. The maximum absolute atomic E-state index is 11.0. The molecular formula is C15H16N2O3. The standard InChI is InChI=1S/C15H16N2O3/c1-15(17-10-18)9-12(11-5-3-2-4-6-11)7-8-13(15)20-14(16)19/h2-7,13H,8-9H2,1H3,(H2,16,19)/t13-,15-/m0/s1. The second-order valence-electron chi connectivity index (χ2n) is 4.99. The van der Waals surface area contributed by atoms with Crippen LogP contribution in [0.15, 0.2) is 41.4 Å². The number of carbonyl (C=O) groups is 1. The molecule has 5 heteroatoms. The van der Waals surface area contributed by atoms with Crippen molar-refractivity contribution in [3.8, 4) is 0 Å². The zero-order valence-electron chi connectivity index (χ0n) is 11.2. The van der Waals surface area contributed by atoms with Crippen LogP contribution in [-0.4, -0.2) is 23.8 Å². The van der Waals surface area contributed by atoms with Crippen LogP contribution in [0.2, 0.25) is 0 Å². The minimum Gasteiger partial charge on any atom is -0.443 e. The van der Waals surface area contributed by atoms with Crippen LogP contribution in [0.25, 0.3) is 5.57 Å². The molecule has 0 heterocycles. The lowest BCUT2D eigenvalue weighted by Crippen LogP contribution is -2.43. The highest BCUT2D eigenvalue weighted by Gasteiger charge is 2.40. The summed E-state index contributed by atoms with van der Waals surface area (Å²) in [5, 5.41) is 0. The Hall–Kier alpha value is -2.39. The average Bonchev–Trinajstić information content (AvgIpc) is 2.42. The van der Waals surface area contributed by atoms with Crippen molar-refractivity contribution in [3.63, 3.8) is 0 Å². The number of benzene rings is 1. The first-order valence-electron chi connectivity index (χ1n) is 6.35. The van der Waals surface area contributed by atoms with Crippen molar-refractivity contribution in [2.24, 2.45) is 10.7 Å². The normalized spacial score (nSPS) is 25.2.